The first kappa shape index (κ1) is 36.4. The number of cyclic esters (lactones) is 1. The number of aliphatic hydroxyl groups excluding tert-OH is 1. The number of rotatable bonds is 12. The molecule has 3 heterocycles. The van der Waals surface area contributed by atoms with E-state index >= 15 is 8.78 Å². The molecule has 3 aromatic rings. The summed E-state index contributed by atoms with van der Waals surface area (Å²) < 4.78 is 66.9. The molecule has 2 amide bonds. The molecule has 1 fully saturated rings. The summed E-state index contributed by atoms with van der Waals surface area (Å²) >= 11 is 0. The molecular formula is C31H32F2N3O13P. The predicted molar refractivity (Wildman–Crippen MR) is 166 cm³/mol. The molecular weight excluding hydrogens is 691 g/mol. The first-order valence-electron chi connectivity index (χ1n) is 15.0. The number of carbonyl (C=O) groups is 3. The molecule has 0 saturated carbocycles. The largest absolute Gasteiger partial charge is 0.513 e. The summed E-state index contributed by atoms with van der Waals surface area (Å²) in [6.45, 7) is 0.0273. The second kappa shape index (κ2) is 14.9. The predicted octanol–water partition coefficient (Wildman–Crippen LogP) is 2.98. The van der Waals surface area contributed by atoms with Gasteiger partial charge in [-0.3, -0.25) is 14.3 Å². The second-order valence-corrected chi connectivity index (χ2v) is 13.6. The van der Waals surface area contributed by atoms with Crippen molar-refractivity contribution in [1.29, 1.82) is 0 Å². The van der Waals surface area contributed by atoms with Gasteiger partial charge in [0.15, 0.2) is 17.6 Å². The van der Waals surface area contributed by atoms with Crippen LogP contribution in [0.5, 0.6) is 11.6 Å². The lowest BCUT2D eigenvalue weighted by Crippen LogP contribution is -2.43. The molecule has 1 saturated heterocycles. The Morgan fingerprint density at radius 2 is 1.86 bits per heavy atom. The average Bonchev–Trinajstić information content (AvgIpc) is 3.72. The standard InChI is InChI=1S/C31H32F2N3O13P/c1-31(41,50(42,43)44)14-18-2-4-21(5-3-18)49-30(40)46-17-25(37)28(38)35-9-6-19(7-10-35)27-23(32)12-20(13-24(27)33)36-15-22(48-29(36)39)16-45-26-8-11-47-34-26/h2-6,8,11-13,22,25,37,41H,7,9-10,14-17H2,1H3,(H2,42,43,44)/t22-,25+,31?/m1/s1. The highest BCUT2D eigenvalue weighted by atomic mass is 31.2. The molecule has 1 unspecified atom stereocenters. The van der Waals surface area contributed by atoms with Gasteiger partial charge >= 0.3 is 19.8 Å². The molecule has 4 N–H and O–H groups in total. The lowest BCUT2D eigenvalue weighted by atomic mass is 9.97. The molecule has 0 aliphatic carbocycles. The molecule has 3 atom stereocenters. The Hall–Kier alpha value is -4.87. The SMILES string of the molecule is CC(O)(Cc1ccc(OC(=O)OC[C@H](O)C(=O)N2CC=C(c3c(F)cc(N4C[C@H](COc5ccon5)OC4=O)cc3F)CC2)cc1)P(=O)(O)O. The Balaban J connectivity index is 1.10. The summed E-state index contributed by atoms with van der Waals surface area (Å²) in [6.07, 6.45) is -2.17. The van der Waals surface area contributed by atoms with Gasteiger partial charge in [0.1, 0.15) is 36.9 Å². The summed E-state index contributed by atoms with van der Waals surface area (Å²) in [5.74, 6) is -2.51. The monoisotopic (exact) mass is 723 g/mol. The third-order valence-corrected chi connectivity index (χ3v) is 9.23. The molecule has 5 rings (SSSR count). The number of hydrogen-bond acceptors (Lipinski definition) is 12. The highest BCUT2D eigenvalue weighted by Gasteiger charge is 2.40. The maximum atomic E-state index is 15.2. The summed E-state index contributed by atoms with van der Waals surface area (Å²) in [7, 11) is -4.80. The topological polar surface area (TPSA) is 219 Å². The smallest absolute Gasteiger partial charge is 0.471 e. The minimum Gasteiger partial charge on any atom is -0.471 e. The molecule has 268 valence electrons. The van der Waals surface area contributed by atoms with Crippen LogP contribution in [0.4, 0.5) is 24.1 Å². The Bertz CT molecular complexity index is 1770. The zero-order valence-corrected chi connectivity index (χ0v) is 27.2. The number of halogens is 2. The van der Waals surface area contributed by atoms with Crippen LogP contribution in [0.2, 0.25) is 0 Å². The first-order chi connectivity index (χ1) is 23.6. The number of aromatic nitrogens is 1. The Kier molecular flexibility index (Phi) is 10.9. The van der Waals surface area contributed by atoms with Crippen LogP contribution in [0.15, 0.2) is 59.3 Å². The van der Waals surface area contributed by atoms with Gasteiger partial charge in [0.25, 0.3) is 11.8 Å². The molecule has 1 aromatic heterocycles. The van der Waals surface area contributed by atoms with E-state index in [4.69, 9.17) is 18.9 Å². The maximum absolute atomic E-state index is 15.2. The number of ether oxygens (including phenoxy) is 4. The number of benzene rings is 2. The fourth-order valence-electron chi connectivity index (χ4n) is 5.11. The minimum atomic E-state index is -4.80. The van der Waals surface area contributed by atoms with Crippen molar-refractivity contribution in [2.45, 2.75) is 37.3 Å². The summed E-state index contributed by atoms with van der Waals surface area (Å²) in [4.78, 5) is 58.0. The van der Waals surface area contributed by atoms with Crippen molar-refractivity contribution in [3.05, 3.63) is 77.6 Å². The summed E-state index contributed by atoms with van der Waals surface area (Å²) in [5.41, 5.74) is 0.225. The van der Waals surface area contributed by atoms with Gasteiger partial charge in [0.2, 0.25) is 0 Å². The van der Waals surface area contributed by atoms with Crippen LogP contribution in [-0.4, -0.2) is 98.6 Å². The lowest BCUT2D eigenvalue weighted by Gasteiger charge is -2.28. The second-order valence-electron chi connectivity index (χ2n) is 11.6. The van der Waals surface area contributed by atoms with E-state index in [2.05, 4.69) is 9.68 Å². The van der Waals surface area contributed by atoms with Gasteiger partial charge in [-0.1, -0.05) is 18.2 Å². The van der Waals surface area contributed by atoms with Gasteiger partial charge in [-0.15, -0.1) is 0 Å². The maximum Gasteiger partial charge on any atom is 0.513 e. The molecule has 16 nitrogen and oxygen atoms in total. The molecule has 50 heavy (non-hydrogen) atoms. The van der Waals surface area contributed by atoms with Crippen molar-refractivity contribution in [1.82, 2.24) is 10.1 Å². The van der Waals surface area contributed by atoms with Gasteiger partial charge in [-0.2, -0.15) is 0 Å². The van der Waals surface area contributed by atoms with E-state index in [1.54, 1.807) is 0 Å². The molecule has 19 heteroatoms. The zero-order chi connectivity index (χ0) is 36.2. The lowest BCUT2D eigenvalue weighted by molar-refractivity contribution is -0.141. The van der Waals surface area contributed by atoms with Crippen molar-refractivity contribution in [3.8, 4) is 11.6 Å². The van der Waals surface area contributed by atoms with Crippen LogP contribution in [0.25, 0.3) is 5.57 Å². The van der Waals surface area contributed by atoms with Gasteiger partial charge < -0.3 is 48.4 Å². The van der Waals surface area contributed by atoms with Crippen molar-refractivity contribution < 1.29 is 71.2 Å². The van der Waals surface area contributed by atoms with Crippen molar-refractivity contribution in [2.24, 2.45) is 0 Å². The van der Waals surface area contributed by atoms with Crippen molar-refractivity contribution in [2.75, 3.05) is 37.7 Å². The van der Waals surface area contributed by atoms with E-state index in [1.165, 1.54) is 47.6 Å². The number of aliphatic hydroxyl groups is 2. The van der Waals surface area contributed by atoms with Gasteiger partial charge in [0, 0.05) is 31.1 Å². The molecule has 2 aliphatic heterocycles. The fraction of sp³-hybridized carbons (Fsp3) is 0.355. The quantitative estimate of drug-likeness (QED) is 0.120. The van der Waals surface area contributed by atoms with E-state index in [0.29, 0.717) is 5.56 Å². The highest BCUT2D eigenvalue weighted by molar-refractivity contribution is 7.53. The van der Waals surface area contributed by atoms with Crippen LogP contribution < -0.4 is 14.4 Å². The van der Waals surface area contributed by atoms with Crippen LogP contribution in [0.1, 0.15) is 24.5 Å². The number of amides is 2. The molecule has 2 aliphatic rings. The van der Waals surface area contributed by atoms with Crippen LogP contribution in [0, 0.1) is 11.6 Å². The Morgan fingerprint density at radius 1 is 1.16 bits per heavy atom. The average molecular weight is 724 g/mol. The number of carbonyl (C=O) groups excluding carboxylic acids is 3. The van der Waals surface area contributed by atoms with Gasteiger partial charge in [-0.05, 0) is 53.9 Å². The van der Waals surface area contributed by atoms with E-state index in [9.17, 15) is 38.9 Å². The summed E-state index contributed by atoms with van der Waals surface area (Å²) in [6, 6.07) is 8.79. The Labute approximate surface area is 282 Å². The van der Waals surface area contributed by atoms with Crippen LogP contribution in [-0.2, 0) is 25.3 Å². The van der Waals surface area contributed by atoms with Crippen molar-refractivity contribution >= 4 is 37.0 Å². The normalized spacial score (nSPS) is 18.2. The van der Waals surface area contributed by atoms with Crippen LogP contribution in [0.3, 0.4) is 0 Å². The minimum absolute atomic E-state index is 0.0142. The fourth-order valence-corrected chi connectivity index (χ4v) is 5.50. The third-order valence-electron chi connectivity index (χ3n) is 7.82. The number of hydrogen-bond donors (Lipinski definition) is 4. The van der Waals surface area contributed by atoms with Gasteiger partial charge in [0.05, 0.1) is 12.2 Å². The van der Waals surface area contributed by atoms with Gasteiger partial charge in [-0.25, -0.2) is 18.4 Å². The molecule has 2 aromatic carbocycles. The number of anilines is 1. The molecule has 0 bridgehead atoms. The van der Waals surface area contributed by atoms with E-state index in [1.807, 2.05) is 0 Å². The summed E-state index contributed by atoms with van der Waals surface area (Å²) in [5, 5.41) is 21.6. The molecule has 0 spiro atoms. The Morgan fingerprint density at radius 3 is 2.46 bits per heavy atom. The zero-order valence-electron chi connectivity index (χ0n) is 26.3. The van der Waals surface area contributed by atoms with E-state index in [0.717, 1.165) is 24.0 Å². The third kappa shape index (κ3) is 8.64. The van der Waals surface area contributed by atoms with E-state index in [-0.39, 0.29) is 67.5 Å². The molecule has 0 radical (unpaired) electrons. The van der Waals surface area contributed by atoms with Crippen molar-refractivity contribution in [3.63, 3.8) is 0 Å². The number of nitrogens with zero attached hydrogens (tertiary/aromatic N) is 3. The highest BCUT2D eigenvalue weighted by Crippen LogP contribution is 2.50. The first-order valence-corrected chi connectivity index (χ1v) is 16.6. The van der Waals surface area contributed by atoms with Crippen LogP contribution >= 0.6 is 7.60 Å². The van der Waals surface area contributed by atoms with E-state index < -0.39 is 61.5 Å².